The topological polar surface area (TPSA) is 41.6 Å². The number of ether oxygens (including phenoxy) is 1. The molecule has 0 aromatic heterocycles. The minimum Gasteiger partial charge on any atom is -0.380 e. The summed E-state index contributed by atoms with van der Waals surface area (Å²) in [6.45, 7) is 5.21. The number of carbonyl (C=O) groups is 1. The fourth-order valence-corrected chi connectivity index (χ4v) is 2.72. The maximum atomic E-state index is 11.6. The lowest BCUT2D eigenvalue weighted by Gasteiger charge is -2.25. The molecule has 2 heterocycles. The Morgan fingerprint density at radius 3 is 3.07 bits per heavy atom. The number of hydrogen-bond acceptors (Lipinski definition) is 3. The van der Waals surface area contributed by atoms with Crippen LogP contribution in [0.5, 0.6) is 0 Å². The number of carbonyl (C=O) groups excluding carboxylic acids is 1. The Bertz CT molecular complexity index is 281. The molecule has 0 aromatic rings. The van der Waals surface area contributed by atoms with Crippen LogP contribution in [-0.4, -0.2) is 43.3 Å². The highest BCUT2D eigenvalue weighted by Gasteiger charge is 2.59. The normalized spacial score (nSPS) is 45.8. The van der Waals surface area contributed by atoms with Gasteiger partial charge in [-0.25, -0.2) is 0 Å². The average molecular weight is 196 g/mol. The molecule has 1 N–H and O–H groups in total. The SMILES string of the molecule is CC1NCC(=O)N1CC12COCC1C2. The molecular weight excluding hydrogens is 180 g/mol. The standard InChI is InChI=1S/C10H16N2O2/c1-7-11-3-9(13)12(7)5-10-2-8(10)4-14-6-10/h7-8,11H,2-6H2,1H3. The monoisotopic (exact) mass is 196 g/mol. The van der Waals surface area contributed by atoms with Crippen molar-refractivity contribution in [1.29, 1.82) is 0 Å². The van der Waals surface area contributed by atoms with Crippen molar-refractivity contribution in [2.75, 3.05) is 26.3 Å². The second-order valence-electron chi connectivity index (χ2n) is 4.86. The van der Waals surface area contributed by atoms with Crippen LogP contribution < -0.4 is 5.32 Å². The molecule has 4 heteroatoms. The van der Waals surface area contributed by atoms with E-state index in [2.05, 4.69) is 12.2 Å². The summed E-state index contributed by atoms with van der Waals surface area (Å²) in [5.41, 5.74) is 0.329. The van der Waals surface area contributed by atoms with Crippen LogP contribution in [0.2, 0.25) is 0 Å². The zero-order valence-corrected chi connectivity index (χ0v) is 8.45. The predicted octanol–water partition coefficient (Wildman–Crippen LogP) is -0.199. The van der Waals surface area contributed by atoms with E-state index in [0.717, 1.165) is 25.7 Å². The van der Waals surface area contributed by atoms with Gasteiger partial charge in [0.25, 0.3) is 0 Å². The van der Waals surface area contributed by atoms with Crippen LogP contribution in [0.1, 0.15) is 13.3 Å². The van der Waals surface area contributed by atoms with Crippen molar-refractivity contribution in [3.8, 4) is 0 Å². The van der Waals surface area contributed by atoms with Crippen LogP contribution >= 0.6 is 0 Å². The summed E-state index contributed by atoms with van der Waals surface area (Å²) in [6, 6.07) is 0. The molecule has 0 radical (unpaired) electrons. The van der Waals surface area contributed by atoms with E-state index in [-0.39, 0.29) is 12.1 Å². The molecule has 3 unspecified atom stereocenters. The molecule has 0 aromatic carbocycles. The highest BCUT2D eigenvalue weighted by Crippen LogP contribution is 2.57. The molecule has 3 atom stereocenters. The Morgan fingerprint density at radius 1 is 1.71 bits per heavy atom. The Kier molecular flexibility index (Phi) is 1.67. The predicted molar refractivity (Wildman–Crippen MR) is 50.5 cm³/mol. The first-order valence-electron chi connectivity index (χ1n) is 5.32. The summed E-state index contributed by atoms with van der Waals surface area (Å²) >= 11 is 0. The van der Waals surface area contributed by atoms with Gasteiger partial charge in [0, 0.05) is 12.0 Å². The van der Waals surface area contributed by atoms with E-state index in [4.69, 9.17) is 4.74 Å². The lowest BCUT2D eigenvalue weighted by atomic mass is 10.1. The molecular formula is C10H16N2O2. The van der Waals surface area contributed by atoms with E-state index in [1.165, 1.54) is 6.42 Å². The lowest BCUT2D eigenvalue weighted by Crippen LogP contribution is -2.40. The minimum absolute atomic E-state index is 0.207. The van der Waals surface area contributed by atoms with Crippen LogP contribution in [0.25, 0.3) is 0 Å². The van der Waals surface area contributed by atoms with Gasteiger partial charge < -0.3 is 9.64 Å². The van der Waals surface area contributed by atoms with Gasteiger partial charge >= 0.3 is 0 Å². The maximum absolute atomic E-state index is 11.6. The third-order valence-corrected chi connectivity index (χ3v) is 3.89. The van der Waals surface area contributed by atoms with E-state index < -0.39 is 0 Å². The zero-order valence-electron chi connectivity index (χ0n) is 8.45. The van der Waals surface area contributed by atoms with E-state index in [0.29, 0.717) is 12.0 Å². The number of hydrogen-bond donors (Lipinski definition) is 1. The van der Waals surface area contributed by atoms with Crippen LogP contribution in [0.15, 0.2) is 0 Å². The largest absolute Gasteiger partial charge is 0.380 e. The average Bonchev–Trinajstić information content (AvgIpc) is 2.57. The van der Waals surface area contributed by atoms with Gasteiger partial charge in [-0.2, -0.15) is 0 Å². The van der Waals surface area contributed by atoms with Gasteiger partial charge in [0.2, 0.25) is 5.91 Å². The molecule has 2 aliphatic heterocycles. The third-order valence-electron chi connectivity index (χ3n) is 3.89. The highest BCUT2D eigenvalue weighted by atomic mass is 16.5. The second kappa shape index (κ2) is 2.70. The van der Waals surface area contributed by atoms with E-state index >= 15 is 0 Å². The summed E-state index contributed by atoms with van der Waals surface area (Å²) in [5, 5.41) is 3.16. The van der Waals surface area contributed by atoms with Gasteiger partial charge in [0.1, 0.15) is 0 Å². The number of rotatable bonds is 2. The maximum Gasteiger partial charge on any atom is 0.237 e. The molecule has 0 bridgehead atoms. The first-order chi connectivity index (χ1) is 6.71. The van der Waals surface area contributed by atoms with Crippen LogP contribution in [-0.2, 0) is 9.53 Å². The van der Waals surface area contributed by atoms with Crippen molar-refractivity contribution >= 4 is 5.91 Å². The van der Waals surface area contributed by atoms with Gasteiger partial charge in [0.05, 0.1) is 25.9 Å². The molecule has 3 rings (SSSR count). The van der Waals surface area contributed by atoms with Crippen LogP contribution in [0.4, 0.5) is 0 Å². The molecule has 0 spiro atoms. The minimum atomic E-state index is 0.207. The van der Waals surface area contributed by atoms with E-state index in [9.17, 15) is 4.79 Å². The summed E-state index contributed by atoms with van der Waals surface area (Å²) in [6.07, 6.45) is 1.46. The molecule has 1 saturated carbocycles. The van der Waals surface area contributed by atoms with Gasteiger partial charge in [-0.3, -0.25) is 10.1 Å². The molecule has 2 saturated heterocycles. The lowest BCUT2D eigenvalue weighted by molar-refractivity contribution is -0.128. The van der Waals surface area contributed by atoms with Gasteiger partial charge in [-0.05, 0) is 19.3 Å². The molecule has 78 valence electrons. The fraction of sp³-hybridized carbons (Fsp3) is 0.900. The second-order valence-corrected chi connectivity index (χ2v) is 4.86. The Morgan fingerprint density at radius 2 is 2.57 bits per heavy atom. The summed E-state index contributed by atoms with van der Waals surface area (Å²) in [7, 11) is 0. The molecule has 1 aliphatic carbocycles. The Hall–Kier alpha value is -0.610. The molecule has 3 fully saturated rings. The van der Waals surface area contributed by atoms with Crippen molar-refractivity contribution in [3.05, 3.63) is 0 Å². The van der Waals surface area contributed by atoms with Crippen molar-refractivity contribution in [1.82, 2.24) is 10.2 Å². The Balaban J connectivity index is 1.69. The summed E-state index contributed by atoms with van der Waals surface area (Å²) < 4.78 is 5.43. The van der Waals surface area contributed by atoms with E-state index in [1.807, 2.05) is 4.90 Å². The fourth-order valence-electron chi connectivity index (χ4n) is 2.72. The summed E-state index contributed by atoms with van der Waals surface area (Å²) in [4.78, 5) is 13.5. The quantitative estimate of drug-likeness (QED) is 0.665. The van der Waals surface area contributed by atoms with Crippen LogP contribution in [0.3, 0.4) is 0 Å². The van der Waals surface area contributed by atoms with Crippen molar-refractivity contribution in [2.24, 2.45) is 11.3 Å². The van der Waals surface area contributed by atoms with Gasteiger partial charge in [-0.15, -0.1) is 0 Å². The molecule has 4 nitrogen and oxygen atoms in total. The van der Waals surface area contributed by atoms with Gasteiger partial charge in [0.15, 0.2) is 0 Å². The number of amides is 1. The number of nitrogens with zero attached hydrogens (tertiary/aromatic N) is 1. The van der Waals surface area contributed by atoms with Crippen molar-refractivity contribution < 1.29 is 9.53 Å². The smallest absolute Gasteiger partial charge is 0.237 e. The van der Waals surface area contributed by atoms with Crippen LogP contribution in [0, 0.1) is 11.3 Å². The number of nitrogens with one attached hydrogen (secondary N) is 1. The highest BCUT2D eigenvalue weighted by molar-refractivity contribution is 5.80. The Labute approximate surface area is 83.6 Å². The first-order valence-corrected chi connectivity index (χ1v) is 5.32. The zero-order chi connectivity index (χ0) is 9.76. The van der Waals surface area contributed by atoms with E-state index in [1.54, 1.807) is 0 Å². The number of fused-ring (bicyclic) bond motifs is 1. The molecule has 3 aliphatic rings. The molecule has 1 amide bonds. The van der Waals surface area contributed by atoms with Crippen molar-refractivity contribution in [2.45, 2.75) is 19.5 Å². The first kappa shape index (κ1) is 8.68. The molecule has 14 heavy (non-hydrogen) atoms. The third kappa shape index (κ3) is 1.10. The summed E-state index contributed by atoms with van der Waals surface area (Å²) in [5.74, 6) is 0.965. The van der Waals surface area contributed by atoms with Crippen molar-refractivity contribution in [3.63, 3.8) is 0 Å². The van der Waals surface area contributed by atoms with Gasteiger partial charge in [-0.1, -0.05) is 0 Å².